The van der Waals surface area contributed by atoms with Gasteiger partial charge in [-0.05, 0) is 36.6 Å². The molecule has 1 heterocycles. The minimum Gasteiger partial charge on any atom is -0.366 e. The molecule has 0 aliphatic heterocycles. The summed E-state index contributed by atoms with van der Waals surface area (Å²) in [5.41, 5.74) is 13.1. The molecule has 106 valence electrons. The van der Waals surface area contributed by atoms with E-state index in [1.165, 1.54) is 0 Å². The average molecular weight is 270 g/mol. The average Bonchev–Trinajstić information content (AvgIpc) is 2.83. The molecule has 0 aliphatic rings. The van der Waals surface area contributed by atoms with Gasteiger partial charge in [-0.1, -0.05) is 5.10 Å². The number of hydroxylamine groups is 1. The van der Waals surface area contributed by atoms with Crippen LogP contribution in [0.25, 0.3) is 0 Å². The molecule has 0 bridgehead atoms. The number of carbonyl (C=O) groups is 1. The molecule has 0 radical (unpaired) electrons. The fourth-order valence-electron chi connectivity index (χ4n) is 1.39. The van der Waals surface area contributed by atoms with Crippen molar-refractivity contribution in [2.24, 2.45) is 10.7 Å². The van der Waals surface area contributed by atoms with Crippen LogP contribution in [0, 0.1) is 0 Å². The maximum Gasteiger partial charge on any atom is 0.268 e. The lowest BCUT2D eigenvalue weighted by Gasteiger charge is -2.09. The molecule has 1 aromatic heterocycles. The highest BCUT2D eigenvalue weighted by Gasteiger charge is 2.18. The number of nitrogen functional groups attached to an aromatic ring is 1. The van der Waals surface area contributed by atoms with Crippen LogP contribution in [0.5, 0.6) is 0 Å². The van der Waals surface area contributed by atoms with Gasteiger partial charge in [0.05, 0.1) is 6.04 Å². The van der Waals surface area contributed by atoms with E-state index in [0.717, 1.165) is 17.5 Å². The predicted molar refractivity (Wildman–Crippen MR) is 67.6 cm³/mol. The van der Waals surface area contributed by atoms with E-state index in [9.17, 15) is 4.79 Å². The lowest BCUT2D eigenvalue weighted by molar-refractivity contribution is 0.0858. The zero-order valence-electron chi connectivity index (χ0n) is 10.7. The monoisotopic (exact) mass is 270 g/mol. The summed E-state index contributed by atoms with van der Waals surface area (Å²) in [6.45, 7) is 2.20. The Morgan fingerprint density at radius 2 is 2.32 bits per heavy atom. The van der Waals surface area contributed by atoms with Crippen LogP contribution in [-0.2, 0) is 0 Å². The highest BCUT2D eigenvalue weighted by atomic mass is 16.5. The Labute approximate surface area is 109 Å². The number of anilines is 1. The molecule has 6 N–H and O–H groups in total. The minimum absolute atomic E-state index is 0.0744. The second-order valence-corrected chi connectivity index (χ2v) is 3.97. The van der Waals surface area contributed by atoms with E-state index in [2.05, 4.69) is 20.5 Å². The largest absolute Gasteiger partial charge is 0.366 e. The maximum atomic E-state index is 11.8. The summed E-state index contributed by atoms with van der Waals surface area (Å²) in [6.07, 6.45) is 1.96. The number of unbranched alkanes of at least 4 members (excludes halogenated alkanes) is 1. The standard InChI is InChI=1S/C9H18N8O2/c1-6(14-19)12-5-3-2-4-7(10)8(18)17-9(11)13-15-16-17/h7,19H,2-5,10H2,1H3,(H,12,14)(H2,11,13,16). The van der Waals surface area contributed by atoms with Gasteiger partial charge in [-0.15, -0.1) is 4.68 Å². The van der Waals surface area contributed by atoms with E-state index >= 15 is 0 Å². The first kappa shape index (κ1) is 15.0. The van der Waals surface area contributed by atoms with Gasteiger partial charge in [-0.2, -0.15) is 0 Å². The van der Waals surface area contributed by atoms with Crippen LogP contribution in [0.4, 0.5) is 5.95 Å². The number of tetrazole rings is 1. The molecule has 10 heteroatoms. The van der Waals surface area contributed by atoms with E-state index in [0.29, 0.717) is 18.8 Å². The Balaban J connectivity index is 2.30. The van der Waals surface area contributed by atoms with E-state index in [1.807, 2.05) is 5.48 Å². The number of aromatic nitrogens is 4. The normalized spacial score (nSPS) is 13.3. The third kappa shape index (κ3) is 4.60. The number of nitrogens with one attached hydrogen (secondary N) is 1. The Morgan fingerprint density at radius 3 is 2.89 bits per heavy atom. The number of hydrogen-bond donors (Lipinski definition) is 4. The van der Waals surface area contributed by atoms with Crippen molar-refractivity contribution in [1.82, 2.24) is 25.7 Å². The molecule has 1 rings (SSSR count). The first-order valence-corrected chi connectivity index (χ1v) is 5.81. The number of aliphatic imine (C=N–C) groups is 1. The molecule has 0 aromatic carbocycles. The quantitative estimate of drug-likeness (QED) is 0.165. The summed E-state index contributed by atoms with van der Waals surface area (Å²) in [5.74, 6) is -0.0595. The fraction of sp³-hybridized carbons (Fsp3) is 0.667. The number of amidine groups is 1. The summed E-state index contributed by atoms with van der Waals surface area (Å²) < 4.78 is 0.892. The van der Waals surface area contributed by atoms with Crippen LogP contribution in [0.15, 0.2) is 4.99 Å². The highest BCUT2D eigenvalue weighted by Crippen LogP contribution is 2.03. The third-order valence-corrected chi connectivity index (χ3v) is 2.45. The van der Waals surface area contributed by atoms with Crippen LogP contribution >= 0.6 is 0 Å². The number of nitrogens with zero attached hydrogens (tertiary/aromatic N) is 5. The molecule has 0 saturated carbocycles. The molecule has 1 atom stereocenters. The molecule has 1 unspecified atom stereocenters. The predicted octanol–water partition coefficient (Wildman–Crippen LogP) is -1.21. The molecule has 0 saturated heterocycles. The molecule has 10 nitrogen and oxygen atoms in total. The van der Waals surface area contributed by atoms with Gasteiger partial charge < -0.3 is 11.5 Å². The lowest BCUT2D eigenvalue weighted by Crippen LogP contribution is -2.36. The molecule has 0 spiro atoms. The van der Waals surface area contributed by atoms with Crippen molar-refractivity contribution in [2.75, 3.05) is 12.3 Å². The first-order chi connectivity index (χ1) is 9.06. The van der Waals surface area contributed by atoms with Gasteiger partial charge in [0.2, 0.25) is 5.95 Å². The second kappa shape index (κ2) is 7.38. The van der Waals surface area contributed by atoms with Crippen molar-refractivity contribution in [3.8, 4) is 0 Å². The van der Waals surface area contributed by atoms with Gasteiger partial charge in [-0.25, -0.2) is 0 Å². The summed E-state index contributed by atoms with van der Waals surface area (Å²) in [5, 5.41) is 18.7. The summed E-state index contributed by atoms with van der Waals surface area (Å²) in [7, 11) is 0. The Morgan fingerprint density at radius 1 is 1.58 bits per heavy atom. The molecule has 0 fully saturated rings. The number of hydrogen-bond acceptors (Lipinski definition) is 8. The SMILES string of the molecule is CC(=NCCCCC(N)C(=O)n1nnnc1N)NO. The van der Waals surface area contributed by atoms with Crippen LogP contribution in [0.2, 0.25) is 0 Å². The van der Waals surface area contributed by atoms with Crippen molar-refractivity contribution >= 4 is 17.7 Å². The van der Waals surface area contributed by atoms with Crippen molar-refractivity contribution in [2.45, 2.75) is 32.2 Å². The Kier molecular flexibility index (Phi) is 5.82. The van der Waals surface area contributed by atoms with E-state index in [1.54, 1.807) is 6.92 Å². The molecule has 19 heavy (non-hydrogen) atoms. The third-order valence-electron chi connectivity index (χ3n) is 2.45. The second-order valence-electron chi connectivity index (χ2n) is 3.97. The Bertz CT molecular complexity index is 443. The first-order valence-electron chi connectivity index (χ1n) is 5.81. The highest BCUT2D eigenvalue weighted by molar-refractivity contribution is 5.84. The van der Waals surface area contributed by atoms with E-state index < -0.39 is 11.9 Å². The molecule has 1 aromatic rings. The molecular weight excluding hydrogens is 252 g/mol. The van der Waals surface area contributed by atoms with Gasteiger partial charge in [0, 0.05) is 6.54 Å². The fourth-order valence-corrected chi connectivity index (χ4v) is 1.39. The van der Waals surface area contributed by atoms with Crippen LogP contribution in [-0.4, -0.2) is 49.7 Å². The van der Waals surface area contributed by atoms with Crippen LogP contribution < -0.4 is 16.9 Å². The van der Waals surface area contributed by atoms with Crippen molar-refractivity contribution < 1.29 is 10.0 Å². The topological polar surface area (TPSA) is 157 Å². The van der Waals surface area contributed by atoms with Gasteiger partial charge in [-0.3, -0.25) is 20.5 Å². The Hall–Kier alpha value is -2.07. The number of nitrogens with two attached hydrogens (primary N) is 2. The summed E-state index contributed by atoms with van der Waals surface area (Å²) >= 11 is 0. The number of carbonyl (C=O) groups excluding carboxylic acids is 1. The zero-order chi connectivity index (χ0) is 14.3. The van der Waals surface area contributed by atoms with Crippen molar-refractivity contribution in [3.63, 3.8) is 0 Å². The summed E-state index contributed by atoms with van der Waals surface area (Å²) in [6, 6.07) is -0.702. The molecule has 0 aliphatic carbocycles. The summed E-state index contributed by atoms with van der Waals surface area (Å²) in [4.78, 5) is 15.8. The van der Waals surface area contributed by atoms with Crippen molar-refractivity contribution in [3.05, 3.63) is 0 Å². The smallest absolute Gasteiger partial charge is 0.268 e. The van der Waals surface area contributed by atoms with E-state index in [-0.39, 0.29) is 5.95 Å². The van der Waals surface area contributed by atoms with Gasteiger partial charge in [0.25, 0.3) is 5.91 Å². The maximum absolute atomic E-state index is 11.8. The van der Waals surface area contributed by atoms with Crippen molar-refractivity contribution in [1.29, 1.82) is 0 Å². The number of rotatable bonds is 6. The van der Waals surface area contributed by atoms with Gasteiger partial charge in [0.1, 0.15) is 5.84 Å². The van der Waals surface area contributed by atoms with Gasteiger partial charge in [0.15, 0.2) is 0 Å². The molecular formula is C9H18N8O2. The lowest BCUT2D eigenvalue weighted by atomic mass is 10.1. The van der Waals surface area contributed by atoms with Crippen LogP contribution in [0.1, 0.15) is 31.0 Å². The van der Waals surface area contributed by atoms with Gasteiger partial charge >= 0.3 is 0 Å². The van der Waals surface area contributed by atoms with E-state index in [4.69, 9.17) is 16.7 Å². The minimum atomic E-state index is -0.702. The molecule has 0 amide bonds. The zero-order valence-corrected chi connectivity index (χ0v) is 10.7. The van der Waals surface area contributed by atoms with Crippen LogP contribution in [0.3, 0.4) is 0 Å².